The van der Waals surface area contributed by atoms with Gasteiger partial charge in [0.25, 0.3) is 0 Å². The normalized spacial score (nSPS) is 12.2. The predicted octanol–water partition coefficient (Wildman–Crippen LogP) is 2.99. The Morgan fingerprint density at radius 2 is 2.31 bits per heavy atom. The molecule has 90 valence electrons. The van der Waals surface area contributed by atoms with E-state index in [0.717, 1.165) is 12.8 Å². The van der Waals surface area contributed by atoms with E-state index in [-0.39, 0.29) is 0 Å². The molecule has 0 fully saturated rings. The van der Waals surface area contributed by atoms with Crippen LogP contribution in [0, 0.1) is 5.92 Å². The van der Waals surface area contributed by atoms with Crippen LogP contribution in [0.25, 0.3) is 0 Å². The summed E-state index contributed by atoms with van der Waals surface area (Å²) in [5.74, 6) is 1.47. The third kappa shape index (κ3) is 3.85. The lowest BCUT2D eigenvalue weighted by molar-refractivity contribution is 0.243. The lowest BCUT2D eigenvalue weighted by atomic mass is 10.1. The van der Waals surface area contributed by atoms with Gasteiger partial charge in [-0.15, -0.1) is 0 Å². The third-order valence-electron chi connectivity index (χ3n) is 2.22. The summed E-state index contributed by atoms with van der Waals surface area (Å²) in [6.45, 7) is 4.94. The van der Waals surface area contributed by atoms with Gasteiger partial charge in [0.15, 0.2) is 0 Å². The Bertz CT molecular complexity index is 333. The lowest BCUT2D eigenvalue weighted by Crippen LogP contribution is -2.10. The van der Waals surface area contributed by atoms with Crippen LogP contribution in [-0.2, 0) is 0 Å². The largest absolute Gasteiger partial charge is 0.476 e. The Hall–Kier alpha value is -1.03. The second-order valence-corrected chi connectivity index (χ2v) is 4.21. The molecule has 0 radical (unpaired) electrons. The van der Waals surface area contributed by atoms with Crippen LogP contribution in [0.3, 0.4) is 0 Å². The van der Waals surface area contributed by atoms with Crippen molar-refractivity contribution < 1.29 is 4.74 Å². The maximum atomic E-state index is 5.94. The first-order chi connectivity index (χ1) is 7.67. The second kappa shape index (κ2) is 6.53. The van der Waals surface area contributed by atoms with Crippen LogP contribution in [0.1, 0.15) is 26.7 Å². The van der Waals surface area contributed by atoms with E-state index in [9.17, 15) is 0 Å². The van der Waals surface area contributed by atoms with Gasteiger partial charge in [0.2, 0.25) is 11.8 Å². The molecule has 0 aliphatic carbocycles. The summed E-state index contributed by atoms with van der Waals surface area (Å²) < 4.78 is 5.57. The number of rotatable bonds is 6. The zero-order valence-corrected chi connectivity index (χ0v) is 10.7. The molecular formula is C11H18ClN3O. The number of nitrogens with zero attached hydrogens (tertiary/aromatic N) is 2. The molecule has 1 rings (SSSR count). The Balaban J connectivity index is 2.58. The molecule has 1 unspecified atom stereocenters. The van der Waals surface area contributed by atoms with Crippen LogP contribution in [-0.4, -0.2) is 23.6 Å². The van der Waals surface area contributed by atoms with Crippen LogP contribution in [0.4, 0.5) is 5.95 Å². The van der Waals surface area contributed by atoms with Gasteiger partial charge in [0.1, 0.15) is 5.02 Å². The number of halogens is 1. The monoisotopic (exact) mass is 243 g/mol. The molecule has 1 aromatic rings. The average Bonchev–Trinajstić information content (AvgIpc) is 2.28. The van der Waals surface area contributed by atoms with Gasteiger partial charge in [-0.05, 0) is 12.3 Å². The van der Waals surface area contributed by atoms with Crippen LogP contribution in [0.15, 0.2) is 6.20 Å². The molecule has 4 nitrogen and oxygen atoms in total. The van der Waals surface area contributed by atoms with Crippen LogP contribution < -0.4 is 10.1 Å². The first-order valence-electron chi connectivity index (χ1n) is 5.50. The topological polar surface area (TPSA) is 47.0 Å². The second-order valence-electron chi connectivity index (χ2n) is 3.80. The molecule has 0 bridgehead atoms. The molecule has 1 aromatic heterocycles. The fourth-order valence-electron chi connectivity index (χ4n) is 1.37. The number of ether oxygens (including phenoxy) is 1. The van der Waals surface area contributed by atoms with Crippen LogP contribution in [0.2, 0.25) is 5.02 Å². The van der Waals surface area contributed by atoms with Crippen molar-refractivity contribution in [2.45, 2.75) is 26.7 Å². The Kier molecular flexibility index (Phi) is 5.32. The molecule has 0 saturated heterocycles. The van der Waals surface area contributed by atoms with Crippen molar-refractivity contribution >= 4 is 17.5 Å². The average molecular weight is 244 g/mol. The van der Waals surface area contributed by atoms with Gasteiger partial charge in [-0.3, -0.25) is 0 Å². The molecular weight excluding hydrogens is 226 g/mol. The highest BCUT2D eigenvalue weighted by molar-refractivity contribution is 6.31. The number of hydrogen-bond acceptors (Lipinski definition) is 4. The fraction of sp³-hybridized carbons (Fsp3) is 0.636. The minimum absolute atomic E-state index is 0.447. The molecule has 0 aliphatic rings. The highest BCUT2D eigenvalue weighted by Crippen LogP contribution is 2.22. The van der Waals surface area contributed by atoms with Crippen molar-refractivity contribution in [2.24, 2.45) is 5.92 Å². The number of hydrogen-bond donors (Lipinski definition) is 1. The standard InChI is InChI=1S/C11H18ClN3O/c1-4-5-8(2)7-16-10-9(12)6-14-11(13-3)15-10/h6,8H,4-5,7H2,1-3H3,(H,13,14,15). The maximum Gasteiger partial charge on any atom is 0.237 e. The minimum Gasteiger partial charge on any atom is -0.476 e. The number of anilines is 1. The molecule has 1 atom stereocenters. The molecule has 1 N–H and O–H groups in total. The van der Waals surface area contributed by atoms with Crippen LogP contribution in [0.5, 0.6) is 5.88 Å². The summed E-state index contributed by atoms with van der Waals surface area (Å²) in [5, 5.41) is 3.29. The van der Waals surface area contributed by atoms with Crippen molar-refractivity contribution in [3.05, 3.63) is 11.2 Å². The van der Waals surface area contributed by atoms with Crippen molar-refractivity contribution in [3.63, 3.8) is 0 Å². The Morgan fingerprint density at radius 1 is 1.56 bits per heavy atom. The zero-order chi connectivity index (χ0) is 12.0. The van der Waals surface area contributed by atoms with E-state index in [1.54, 1.807) is 13.2 Å². The van der Waals surface area contributed by atoms with Crippen molar-refractivity contribution in [2.75, 3.05) is 19.0 Å². The summed E-state index contributed by atoms with van der Waals surface area (Å²) >= 11 is 5.94. The molecule has 5 heteroatoms. The molecule has 0 amide bonds. The predicted molar refractivity (Wildman–Crippen MR) is 66.2 cm³/mol. The van der Waals surface area contributed by atoms with E-state index in [1.165, 1.54) is 0 Å². The van der Waals surface area contributed by atoms with Gasteiger partial charge in [-0.1, -0.05) is 31.9 Å². The van der Waals surface area contributed by atoms with Crippen molar-refractivity contribution in [3.8, 4) is 5.88 Å². The van der Waals surface area contributed by atoms with E-state index < -0.39 is 0 Å². The van der Waals surface area contributed by atoms with E-state index in [0.29, 0.717) is 29.4 Å². The lowest BCUT2D eigenvalue weighted by Gasteiger charge is -2.12. The van der Waals surface area contributed by atoms with Crippen molar-refractivity contribution in [1.29, 1.82) is 0 Å². The molecule has 1 heterocycles. The molecule has 0 spiro atoms. The van der Waals surface area contributed by atoms with Gasteiger partial charge < -0.3 is 10.1 Å². The molecule has 0 saturated carbocycles. The first-order valence-corrected chi connectivity index (χ1v) is 5.88. The third-order valence-corrected chi connectivity index (χ3v) is 2.48. The zero-order valence-electron chi connectivity index (χ0n) is 9.96. The van der Waals surface area contributed by atoms with E-state index in [1.807, 2.05) is 0 Å². The Morgan fingerprint density at radius 3 is 2.94 bits per heavy atom. The maximum absolute atomic E-state index is 5.94. The number of aromatic nitrogens is 2. The SMILES string of the molecule is CCCC(C)COc1nc(NC)ncc1Cl. The molecule has 0 aliphatic heterocycles. The van der Waals surface area contributed by atoms with Gasteiger partial charge in [-0.25, -0.2) is 4.98 Å². The summed E-state index contributed by atoms with van der Waals surface area (Å²) in [5.41, 5.74) is 0. The van der Waals surface area contributed by atoms with E-state index >= 15 is 0 Å². The summed E-state index contributed by atoms with van der Waals surface area (Å²) in [6, 6.07) is 0. The summed E-state index contributed by atoms with van der Waals surface area (Å²) in [7, 11) is 1.76. The Labute approximate surface area is 101 Å². The van der Waals surface area contributed by atoms with E-state index in [4.69, 9.17) is 16.3 Å². The molecule has 16 heavy (non-hydrogen) atoms. The van der Waals surface area contributed by atoms with Crippen molar-refractivity contribution in [1.82, 2.24) is 9.97 Å². The first kappa shape index (κ1) is 13.0. The van der Waals surface area contributed by atoms with Gasteiger partial charge in [-0.2, -0.15) is 4.98 Å². The van der Waals surface area contributed by atoms with Gasteiger partial charge in [0.05, 0.1) is 12.8 Å². The quantitative estimate of drug-likeness (QED) is 0.835. The van der Waals surface area contributed by atoms with Gasteiger partial charge in [0, 0.05) is 7.05 Å². The molecule has 0 aromatic carbocycles. The van der Waals surface area contributed by atoms with E-state index in [2.05, 4.69) is 29.1 Å². The minimum atomic E-state index is 0.447. The van der Waals surface area contributed by atoms with Crippen LogP contribution >= 0.6 is 11.6 Å². The highest BCUT2D eigenvalue weighted by atomic mass is 35.5. The highest BCUT2D eigenvalue weighted by Gasteiger charge is 2.08. The summed E-state index contributed by atoms with van der Waals surface area (Å²) in [4.78, 5) is 8.13. The summed E-state index contributed by atoms with van der Waals surface area (Å²) in [6.07, 6.45) is 3.84. The smallest absolute Gasteiger partial charge is 0.237 e. The van der Waals surface area contributed by atoms with Gasteiger partial charge >= 0.3 is 0 Å². The number of nitrogens with one attached hydrogen (secondary N) is 1. The fourth-order valence-corrected chi connectivity index (χ4v) is 1.52.